The van der Waals surface area contributed by atoms with Crippen molar-refractivity contribution < 1.29 is 65.9 Å². The number of rotatable bonds is 5. The molecule has 0 radical (unpaired) electrons. The van der Waals surface area contributed by atoms with E-state index in [9.17, 15) is 27.4 Å². The minimum atomic E-state index is -5.11. The van der Waals surface area contributed by atoms with Gasteiger partial charge in [-0.25, -0.2) is 22.7 Å². The number of hydroxylamine groups is 2. The monoisotopic (exact) mass is 520 g/mol. The van der Waals surface area contributed by atoms with Crippen molar-refractivity contribution in [3.8, 4) is 0 Å². The Morgan fingerprint density at radius 2 is 1.97 bits per heavy atom. The Morgan fingerprint density at radius 1 is 1.26 bits per heavy atom. The summed E-state index contributed by atoms with van der Waals surface area (Å²) in [7, 11) is -5.11. The summed E-state index contributed by atoms with van der Waals surface area (Å²) in [5, 5.41) is 7.62. The zero-order valence-electron chi connectivity index (χ0n) is 19.8. The molecule has 16 heteroatoms. The summed E-state index contributed by atoms with van der Waals surface area (Å²) in [5.41, 5.74) is 0.0349. The summed E-state index contributed by atoms with van der Waals surface area (Å²) in [4.78, 5) is 40.0. The Labute approximate surface area is 224 Å². The Balaban J connectivity index is 0.00000342. The SMILES string of the molecule is CC(C)(C)OC(=O)N1CC[C@@H](NC(=O)c2ccn(C3=CC4CN(C3)C(=O)N4OS(=O)(=O)[O-])n2)C1.[Na+]. The molecule has 2 fully saturated rings. The number of fused-ring (bicyclic) bond motifs is 2. The van der Waals surface area contributed by atoms with Gasteiger partial charge in [0.2, 0.25) is 10.4 Å². The van der Waals surface area contributed by atoms with E-state index < -0.39 is 40.1 Å². The first kappa shape index (κ1) is 27.4. The van der Waals surface area contributed by atoms with E-state index in [1.54, 1.807) is 31.7 Å². The van der Waals surface area contributed by atoms with E-state index in [0.717, 1.165) is 0 Å². The van der Waals surface area contributed by atoms with Crippen LogP contribution in [0.15, 0.2) is 18.3 Å². The number of ether oxygens (including phenoxy) is 1. The molecule has 2 saturated heterocycles. The zero-order valence-corrected chi connectivity index (χ0v) is 22.6. The second-order valence-corrected chi connectivity index (χ2v) is 10.2. The van der Waals surface area contributed by atoms with Crippen molar-refractivity contribution in [3.63, 3.8) is 0 Å². The topological polar surface area (TPSA) is 166 Å². The van der Waals surface area contributed by atoms with Crippen LogP contribution in [0, 0.1) is 0 Å². The third-order valence-electron chi connectivity index (χ3n) is 5.37. The molecule has 1 N–H and O–H groups in total. The first-order valence-electron chi connectivity index (χ1n) is 10.6. The normalized spacial score (nSPS) is 22.1. The van der Waals surface area contributed by atoms with Crippen LogP contribution >= 0.6 is 0 Å². The number of carbonyl (C=O) groups excluding carboxylic acids is 3. The fourth-order valence-electron chi connectivity index (χ4n) is 3.95. The van der Waals surface area contributed by atoms with E-state index in [4.69, 9.17) is 4.74 Å². The first-order valence-corrected chi connectivity index (χ1v) is 11.9. The molecule has 0 spiro atoms. The van der Waals surface area contributed by atoms with Gasteiger partial charge in [0, 0.05) is 31.9 Å². The van der Waals surface area contributed by atoms with E-state index in [0.29, 0.717) is 30.3 Å². The van der Waals surface area contributed by atoms with Gasteiger partial charge in [-0.15, -0.1) is 0 Å². The quantitative estimate of drug-likeness (QED) is 0.241. The molecule has 0 saturated carbocycles. The zero-order chi connectivity index (χ0) is 24.8. The van der Waals surface area contributed by atoms with Gasteiger partial charge in [0.15, 0.2) is 5.69 Å². The van der Waals surface area contributed by atoms with Crippen molar-refractivity contribution in [2.75, 3.05) is 26.2 Å². The molecule has 1 unspecified atom stereocenters. The van der Waals surface area contributed by atoms with E-state index >= 15 is 0 Å². The molecule has 1 aromatic heterocycles. The molecule has 2 bridgehead atoms. The molecule has 4 amide bonds. The summed E-state index contributed by atoms with van der Waals surface area (Å²) in [6.07, 6.45) is 3.24. The van der Waals surface area contributed by atoms with Crippen LogP contribution in [0.2, 0.25) is 0 Å². The van der Waals surface area contributed by atoms with Gasteiger partial charge in [0.1, 0.15) is 11.6 Å². The summed E-state index contributed by atoms with van der Waals surface area (Å²) in [6, 6.07) is -0.297. The predicted octanol–water partition coefficient (Wildman–Crippen LogP) is -3.02. The summed E-state index contributed by atoms with van der Waals surface area (Å²) >= 11 is 0. The number of carbonyl (C=O) groups is 3. The molecule has 4 heterocycles. The van der Waals surface area contributed by atoms with Crippen molar-refractivity contribution >= 4 is 34.1 Å². The molecular formula is C19H25N6NaO8S. The molecule has 3 aliphatic rings. The van der Waals surface area contributed by atoms with Crippen molar-refractivity contribution in [1.82, 2.24) is 30.0 Å². The molecule has 1 aromatic rings. The number of hydrogen-bond donors (Lipinski definition) is 1. The maximum Gasteiger partial charge on any atom is 1.00 e. The molecule has 14 nitrogen and oxygen atoms in total. The van der Waals surface area contributed by atoms with Crippen LogP contribution in [0.3, 0.4) is 0 Å². The molecule has 186 valence electrons. The third kappa shape index (κ3) is 6.54. The number of urea groups is 1. The van der Waals surface area contributed by atoms with Crippen molar-refractivity contribution in [1.29, 1.82) is 0 Å². The van der Waals surface area contributed by atoms with Gasteiger partial charge in [-0.3, -0.25) is 4.79 Å². The predicted molar refractivity (Wildman–Crippen MR) is 114 cm³/mol. The summed E-state index contributed by atoms with van der Waals surface area (Å²) < 4.78 is 43.8. The first-order chi connectivity index (χ1) is 15.8. The molecule has 0 aromatic carbocycles. The van der Waals surface area contributed by atoms with E-state index in [-0.39, 0.29) is 54.4 Å². The number of nitrogens with one attached hydrogen (secondary N) is 1. The second-order valence-electron chi connectivity index (χ2n) is 9.23. The van der Waals surface area contributed by atoms with Crippen molar-refractivity contribution in [2.24, 2.45) is 0 Å². The van der Waals surface area contributed by atoms with Crippen LogP contribution in [0.4, 0.5) is 9.59 Å². The summed E-state index contributed by atoms with van der Waals surface area (Å²) in [5.74, 6) is -0.423. The molecular weight excluding hydrogens is 495 g/mol. The average molecular weight is 521 g/mol. The molecule has 0 aliphatic carbocycles. The van der Waals surface area contributed by atoms with Crippen LogP contribution < -0.4 is 34.9 Å². The minimum absolute atomic E-state index is 0. The largest absolute Gasteiger partial charge is 1.00 e. The van der Waals surface area contributed by atoms with Gasteiger partial charge in [0.05, 0.1) is 12.2 Å². The number of amides is 4. The maximum absolute atomic E-state index is 12.7. The Kier molecular flexibility index (Phi) is 7.88. The summed E-state index contributed by atoms with van der Waals surface area (Å²) in [6.45, 7) is 6.38. The minimum Gasteiger partial charge on any atom is -0.724 e. The van der Waals surface area contributed by atoms with Crippen molar-refractivity contribution in [2.45, 2.75) is 44.9 Å². The second kappa shape index (κ2) is 10.1. The van der Waals surface area contributed by atoms with Gasteiger partial charge >= 0.3 is 41.7 Å². The van der Waals surface area contributed by atoms with Crippen molar-refractivity contribution in [3.05, 3.63) is 24.0 Å². The van der Waals surface area contributed by atoms with Crippen LogP contribution in [-0.2, 0) is 19.4 Å². The van der Waals surface area contributed by atoms with Gasteiger partial charge < -0.3 is 24.4 Å². The fraction of sp³-hybridized carbons (Fsp3) is 0.579. The van der Waals surface area contributed by atoms with Crippen LogP contribution in [0.25, 0.3) is 5.70 Å². The fourth-order valence-corrected chi connectivity index (χ4v) is 4.32. The Morgan fingerprint density at radius 3 is 2.63 bits per heavy atom. The molecule has 2 atom stereocenters. The van der Waals surface area contributed by atoms with Gasteiger partial charge in [-0.2, -0.15) is 14.4 Å². The van der Waals surface area contributed by atoms with E-state index in [2.05, 4.69) is 14.7 Å². The Hall–Kier alpha value is -2.17. The molecule has 4 rings (SSSR count). The van der Waals surface area contributed by atoms with Gasteiger partial charge in [0.25, 0.3) is 5.91 Å². The maximum atomic E-state index is 12.7. The number of likely N-dealkylation sites (tertiary alicyclic amines) is 1. The van der Waals surface area contributed by atoms with Crippen LogP contribution in [0.5, 0.6) is 0 Å². The number of hydrogen-bond acceptors (Lipinski definition) is 9. The number of aromatic nitrogens is 2. The smallest absolute Gasteiger partial charge is 0.724 e. The molecule has 3 aliphatic heterocycles. The number of nitrogens with zero attached hydrogens (tertiary/aromatic N) is 5. The van der Waals surface area contributed by atoms with Crippen LogP contribution in [0.1, 0.15) is 37.7 Å². The Bertz CT molecular complexity index is 1150. The van der Waals surface area contributed by atoms with Gasteiger partial charge in [-0.05, 0) is 39.3 Å². The van der Waals surface area contributed by atoms with E-state index in [1.165, 1.54) is 21.8 Å². The average Bonchev–Trinajstić information content (AvgIpc) is 3.42. The van der Waals surface area contributed by atoms with E-state index in [1.807, 2.05) is 0 Å². The van der Waals surface area contributed by atoms with Crippen LogP contribution in [-0.4, -0.2) is 99.5 Å². The standard InChI is InChI=1S/C19H26N6O8S.Na/c1-19(2,3)32-18(28)22-6-4-12(9-22)20-16(26)15-5-7-24(21-15)13-8-14-11-23(10-13)17(27)25(14)33-34(29,30)31;/h5,7-8,12,14H,4,6,9-11H2,1-3H3,(H,20,26)(H,29,30,31);/q;+1/p-1/t12-,14?;/m1./s1. The van der Waals surface area contributed by atoms with Gasteiger partial charge in [-0.1, -0.05) is 0 Å². The third-order valence-corrected chi connectivity index (χ3v) is 5.71. The molecule has 35 heavy (non-hydrogen) atoms.